The Balaban J connectivity index is 1.51. The number of rotatable bonds is 3. The van der Waals surface area contributed by atoms with Gasteiger partial charge in [0.25, 0.3) is 5.91 Å². The number of likely N-dealkylation sites (tertiary alicyclic amines) is 2. The summed E-state index contributed by atoms with van der Waals surface area (Å²) in [7, 11) is 0. The fraction of sp³-hybridized carbons (Fsp3) is 0.476. The molecule has 0 N–H and O–H groups in total. The van der Waals surface area contributed by atoms with Gasteiger partial charge in [0.2, 0.25) is 5.91 Å². The summed E-state index contributed by atoms with van der Waals surface area (Å²) in [6, 6.07) is 11.7. The number of nitrogens with zero attached hydrogens (tertiary/aromatic N) is 3. The van der Waals surface area contributed by atoms with Crippen molar-refractivity contribution in [1.29, 1.82) is 0 Å². The Labute approximate surface area is 159 Å². The molecule has 1 aromatic carbocycles. The lowest BCUT2D eigenvalue weighted by Crippen LogP contribution is -2.54. The predicted molar refractivity (Wildman–Crippen MR) is 100 cm³/mol. The third-order valence-electron chi connectivity index (χ3n) is 6.13. The lowest BCUT2D eigenvalue weighted by atomic mass is 9.67. The van der Waals surface area contributed by atoms with Crippen molar-refractivity contribution in [3.63, 3.8) is 0 Å². The van der Waals surface area contributed by atoms with Gasteiger partial charge in [0.05, 0.1) is 5.92 Å². The van der Waals surface area contributed by atoms with Gasteiger partial charge in [0, 0.05) is 32.2 Å². The van der Waals surface area contributed by atoms with Crippen LogP contribution in [0, 0.1) is 5.41 Å². The molecule has 2 fully saturated rings. The summed E-state index contributed by atoms with van der Waals surface area (Å²) >= 11 is 0. The molecular formula is C21H25N3O3. The molecule has 6 heteroatoms. The van der Waals surface area contributed by atoms with Gasteiger partial charge in [-0.25, -0.2) is 0 Å². The fourth-order valence-electron chi connectivity index (χ4n) is 4.53. The zero-order valence-electron chi connectivity index (χ0n) is 15.6. The molecule has 1 aromatic heterocycles. The molecule has 0 aliphatic carbocycles. The molecule has 2 aliphatic rings. The molecule has 2 aromatic rings. The number of benzene rings is 1. The van der Waals surface area contributed by atoms with Crippen molar-refractivity contribution in [2.45, 2.75) is 32.1 Å². The predicted octanol–water partition coefficient (Wildman–Crippen LogP) is 2.93. The fourth-order valence-corrected chi connectivity index (χ4v) is 4.53. The van der Waals surface area contributed by atoms with E-state index in [-0.39, 0.29) is 23.1 Å². The molecule has 0 saturated carbocycles. The molecule has 2 aliphatic heterocycles. The summed E-state index contributed by atoms with van der Waals surface area (Å²) < 4.78 is 4.80. The lowest BCUT2D eigenvalue weighted by Gasteiger charge is -2.49. The number of hydrogen-bond donors (Lipinski definition) is 0. The molecule has 142 valence electrons. The van der Waals surface area contributed by atoms with Crippen molar-refractivity contribution >= 4 is 11.8 Å². The van der Waals surface area contributed by atoms with Crippen LogP contribution < -0.4 is 0 Å². The van der Waals surface area contributed by atoms with Crippen LogP contribution in [0.25, 0.3) is 0 Å². The molecule has 27 heavy (non-hydrogen) atoms. The Bertz CT molecular complexity index is 795. The molecule has 2 amide bonds. The average molecular weight is 367 g/mol. The van der Waals surface area contributed by atoms with Gasteiger partial charge in [-0.2, -0.15) is 0 Å². The highest BCUT2D eigenvalue weighted by Crippen LogP contribution is 2.45. The highest BCUT2D eigenvalue weighted by Gasteiger charge is 2.46. The van der Waals surface area contributed by atoms with E-state index in [9.17, 15) is 9.59 Å². The zero-order chi connectivity index (χ0) is 18.9. The van der Waals surface area contributed by atoms with E-state index in [4.69, 9.17) is 4.52 Å². The van der Waals surface area contributed by atoms with E-state index in [1.54, 1.807) is 6.07 Å². The van der Waals surface area contributed by atoms with E-state index in [2.05, 4.69) is 17.3 Å². The summed E-state index contributed by atoms with van der Waals surface area (Å²) in [6.07, 6.45) is 4.10. The van der Waals surface area contributed by atoms with E-state index in [1.165, 1.54) is 6.26 Å². The number of carbonyl (C=O) groups excluding carboxylic acids is 2. The molecule has 6 nitrogen and oxygen atoms in total. The first kappa shape index (κ1) is 17.8. The Morgan fingerprint density at radius 2 is 1.96 bits per heavy atom. The van der Waals surface area contributed by atoms with Gasteiger partial charge < -0.3 is 14.3 Å². The quantitative estimate of drug-likeness (QED) is 0.837. The lowest BCUT2D eigenvalue weighted by molar-refractivity contribution is -0.141. The number of likely N-dealkylation sites (N-methyl/N-ethyl adjacent to an activating group) is 1. The first-order valence-corrected chi connectivity index (χ1v) is 9.65. The van der Waals surface area contributed by atoms with Gasteiger partial charge in [-0.05, 0) is 37.2 Å². The summed E-state index contributed by atoms with van der Waals surface area (Å²) in [5.41, 5.74) is 1.54. The van der Waals surface area contributed by atoms with Gasteiger partial charge >= 0.3 is 0 Å². The van der Waals surface area contributed by atoms with E-state index in [0.717, 1.165) is 37.9 Å². The van der Waals surface area contributed by atoms with Crippen molar-refractivity contribution in [1.82, 2.24) is 15.0 Å². The average Bonchev–Trinajstić information content (AvgIpc) is 3.25. The second-order valence-corrected chi connectivity index (χ2v) is 7.70. The first-order chi connectivity index (χ1) is 13.1. The Morgan fingerprint density at radius 1 is 1.22 bits per heavy atom. The molecule has 4 rings (SSSR count). The Hall–Kier alpha value is -2.63. The van der Waals surface area contributed by atoms with E-state index in [0.29, 0.717) is 18.8 Å². The maximum atomic E-state index is 13.0. The van der Waals surface area contributed by atoms with Crippen LogP contribution in [-0.2, 0) is 4.79 Å². The molecule has 2 saturated heterocycles. The van der Waals surface area contributed by atoms with Crippen LogP contribution in [0.5, 0.6) is 0 Å². The first-order valence-electron chi connectivity index (χ1n) is 9.65. The van der Waals surface area contributed by atoms with Crippen LogP contribution in [0.1, 0.15) is 48.2 Å². The molecule has 1 atom stereocenters. The molecule has 1 unspecified atom stereocenters. The topological polar surface area (TPSA) is 66.7 Å². The van der Waals surface area contributed by atoms with Gasteiger partial charge in [-0.3, -0.25) is 9.59 Å². The second kappa shape index (κ2) is 7.18. The van der Waals surface area contributed by atoms with Crippen LogP contribution in [0.15, 0.2) is 47.2 Å². The largest absolute Gasteiger partial charge is 0.364 e. The van der Waals surface area contributed by atoms with Gasteiger partial charge in [-0.1, -0.05) is 35.5 Å². The zero-order valence-corrected chi connectivity index (χ0v) is 15.6. The van der Waals surface area contributed by atoms with E-state index in [1.807, 2.05) is 34.9 Å². The van der Waals surface area contributed by atoms with Crippen molar-refractivity contribution in [2.24, 2.45) is 5.41 Å². The molecule has 0 bridgehead atoms. The maximum absolute atomic E-state index is 13.0. The standard InChI is InChI=1S/C21H25N3O3/c1-2-23-15-21(14-17(19(23)25)16-6-4-3-5-7-16)9-11-24(12-10-21)20(26)18-8-13-27-22-18/h3-8,13,17H,2,9-12,14-15H2,1H3. The highest BCUT2D eigenvalue weighted by atomic mass is 16.5. The van der Waals surface area contributed by atoms with Crippen molar-refractivity contribution in [3.8, 4) is 0 Å². The van der Waals surface area contributed by atoms with Gasteiger partial charge in [-0.15, -0.1) is 0 Å². The minimum Gasteiger partial charge on any atom is -0.364 e. The number of piperidine rings is 2. The van der Waals surface area contributed by atoms with Gasteiger partial charge in [0.1, 0.15) is 6.26 Å². The molecular weight excluding hydrogens is 342 g/mol. The van der Waals surface area contributed by atoms with Crippen LogP contribution in [0.3, 0.4) is 0 Å². The van der Waals surface area contributed by atoms with E-state index >= 15 is 0 Å². The third-order valence-corrected chi connectivity index (χ3v) is 6.13. The van der Waals surface area contributed by atoms with Gasteiger partial charge in [0.15, 0.2) is 5.69 Å². The van der Waals surface area contributed by atoms with Crippen molar-refractivity contribution < 1.29 is 14.1 Å². The maximum Gasteiger partial charge on any atom is 0.276 e. The number of carbonyl (C=O) groups is 2. The van der Waals surface area contributed by atoms with Crippen molar-refractivity contribution in [2.75, 3.05) is 26.2 Å². The van der Waals surface area contributed by atoms with Crippen LogP contribution in [-0.4, -0.2) is 52.9 Å². The molecule has 1 spiro atoms. The summed E-state index contributed by atoms with van der Waals surface area (Å²) in [6.45, 7) is 4.95. The van der Waals surface area contributed by atoms with Crippen LogP contribution in [0.2, 0.25) is 0 Å². The monoisotopic (exact) mass is 367 g/mol. The number of hydrogen-bond acceptors (Lipinski definition) is 4. The summed E-state index contributed by atoms with van der Waals surface area (Å²) in [4.78, 5) is 29.3. The smallest absolute Gasteiger partial charge is 0.276 e. The van der Waals surface area contributed by atoms with E-state index < -0.39 is 0 Å². The van der Waals surface area contributed by atoms with Crippen LogP contribution >= 0.6 is 0 Å². The minimum atomic E-state index is -0.0855. The molecule has 0 radical (unpaired) electrons. The Morgan fingerprint density at radius 3 is 2.59 bits per heavy atom. The van der Waals surface area contributed by atoms with Crippen LogP contribution in [0.4, 0.5) is 0 Å². The normalized spacial score (nSPS) is 22.3. The Kier molecular flexibility index (Phi) is 4.72. The number of amides is 2. The highest BCUT2D eigenvalue weighted by molar-refractivity contribution is 5.92. The van der Waals surface area contributed by atoms with Crippen molar-refractivity contribution in [3.05, 3.63) is 53.9 Å². The second-order valence-electron chi connectivity index (χ2n) is 7.70. The minimum absolute atomic E-state index is 0.0718. The summed E-state index contributed by atoms with van der Waals surface area (Å²) in [5, 5.41) is 3.76. The SMILES string of the molecule is CCN1CC2(CCN(C(=O)c3ccon3)CC2)CC(c2ccccc2)C1=O. The molecule has 3 heterocycles. The summed E-state index contributed by atoms with van der Waals surface area (Å²) in [5.74, 6) is 0.0746. The third kappa shape index (κ3) is 3.36. The number of aromatic nitrogens is 1.